The molecule has 0 aliphatic rings. The summed E-state index contributed by atoms with van der Waals surface area (Å²) in [6.07, 6.45) is 0.700. The van der Waals surface area contributed by atoms with Gasteiger partial charge in [0.05, 0.1) is 20.9 Å². The zero-order valence-electron chi connectivity index (χ0n) is 18.5. The monoisotopic (exact) mass is 459 g/mol. The van der Waals surface area contributed by atoms with Gasteiger partial charge in [0.1, 0.15) is 0 Å². The Labute approximate surface area is 188 Å². The molecule has 166 valence electrons. The number of benzene rings is 2. The average molecular weight is 460 g/mol. The lowest BCUT2D eigenvalue weighted by molar-refractivity contribution is -0.118. The van der Waals surface area contributed by atoms with Crippen molar-refractivity contribution in [2.45, 2.75) is 31.6 Å². The second kappa shape index (κ2) is 9.89. The van der Waals surface area contributed by atoms with E-state index in [-0.39, 0.29) is 23.0 Å². The Balaban J connectivity index is 1.83. The standard InChI is InChI=1S/C23H29N3O3S2/c1-17-15-18(2)22-20(16-17)24-23(30-22)26(13-8-12-25(3)4)21(27)11-14-31(28,29)19-9-6-5-7-10-19/h5-7,9-10,15-16H,8,11-14H2,1-4H3. The molecule has 1 amide bonds. The van der Waals surface area contributed by atoms with Gasteiger partial charge in [0.2, 0.25) is 5.91 Å². The highest BCUT2D eigenvalue weighted by Gasteiger charge is 2.23. The number of hydrogen-bond acceptors (Lipinski definition) is 6. The maximum Gasteiger partial charge on any atom is 0.229 e. The summed E-state index contributed by atoms with van der Waals surface area (Å²) >= 11 is 1.49. The molecular weight excluding hydrogens is 430 g/mol. The van der Waals surface area contributed by atoms with Crippen molar-refractivity contribution in [2.24, 2.45) is 0 Å². The predicted octanol–water partition coefficient (Wildman–Crippen LogP) is 4.06. The zero-order chi connectivity index (χ0) is 22.6. The summed E-state index contributed by atoms with van der Waals surface area (Å²) in [6, 6.07) is 12.4. The van der Waals surface area contributed by atoms with Gasteiger partial charge < -0.3 is 4.90 Å². The van der Waals surface area contributed by atoms with Crippen LogP contribution in [0.15, 0.2) is 47.4 Å². The number of carbonyl (C=O) groups excluding carboxylic acids is 1. The number of thiazole rings is 1. The van der Waals surface area contributed by atoms with Gasteiger partial charge in [0.15, 0.2) is 15.0 Å². The van der Waals surface area contributed by atoms with E-state index in [1.807, 2.05) is 34.0 Å². The second-order valence-corrected chi connectivity index (χ2v) is 11.1. The number of hydrogen-bond donors (Lipinski definition) is 0. The van der Waals surface area contributed by atoms with Gasteiger partial charge in [-0.05, 0) is 70.2 Å². The lowest BCUT2D eigenvalue weighted by atomic mass is 10.1. The van der Waals surface area contributed by atoms with Gasteiger partial charge in [0.25, 0.3) is 0 Å². The van der Waals surface area contributed by atoms with E-state index in [2.05, 4.69) is 11.0 Å². The quantitative estimate of drug-likeness (QED) is 0.483. The number of nitrogens with zero attached hydrogens (tertiary/aromatic N) is 3. The van der Waals surface area contributed by atoms with Gasteiger partial charge >= 0.3 is 0 Å². The van der Waals surface area contributed by atoms with E-state index in [0.29, 0.717) is 11.7 Å². The molecule has 0 bridgehead atoms. The van der Waals surface area contributed by atoms with Crippen molar-refractivity contribution in [3.63, 3.8) is 0 Å². The van der Waals surface area contributed by atoms with Crippen LogP contribution in [-0.4, -0.2) is 57.1 Å². The molecule has 2 aromatic carbocycles. The van der Waals surface area contributed by atoms with E-state index in [9.17, 15) is 13.2 Å². The SMILES string of the molecule is Cc1cc(C)c2sc(N(CCCN(C)C)C(=O)CCS(=O)(=O)c3ccccc3)nc2c1. The molecule has 0 atom stereocenters. The first-order chi connectivity index (χ1) is 14.7. The fraction of sp³-hybridized carbons (Fsp3) is 0.391. The smallest absolute Gasteiger partial charge is 0.229 e. The Morgan fingerprint density at radius 1 is 1.06 bits per heavy atom. The zero-order valence-corrected chi connectivity index (χ0v) is 20.1. The van der Waals surface area contributed by atoms with Crippen LogP contribution in [0.25, 0.3) is 10.2 Å². The van der Waals surface area contributed by atoms with Gasteiger partial charge in [-0.2, -0.15) is 0 Å². The molecule has 0 spiro atoms. The van der Waals surface area contributed by atoms with E-state index in [0.717, 1.165) is 34.3 Å². The molecule has 1 heterocycles. The average Bonchev–Trinajstić information content (AvgIpc) is 3.14. The number of aromatic nitrogens is 1. The third-order valence-electron chi connectivity index (χ3n) is 5.01. The number of rotatable bonds is 9. The molecule has 0 fully saturated rings. The highest BCUT2D eigenvalue weighted by molar-refractivity contribution is 7.91. The van der Waals surface area contributed by atoms with Gasteiger partial charge in [-0.3, -0.25) is 9.69 Å². The fourth-order valence-corrected chi connectivity index (χ4v) is 5.76. The lowest BCUT2D eigenvalue weighted by Gasteiger charge is -2.21. The number of aryl methyl sites for hydroxylation is 2. The predicted molar refractivity (Wildman–Crippen MR) is 128 cm³/mol. The van der Waals surface area contributed by atoms with Crippen molar-refractivity contribution < 1.29 is 13.2 Å². The van der Waals surface area contributed by atoms with Gasteiger partial charge in [-0.15, -0.1) is 0 Å². The number of amides is 1. The van der Waals surface area contributed by atoms with Crippen molar-refractivity contribution in [1.29, 1.82) is 0 Å². The van der Waals surface area contributed by atoms with Gasteiger partial charge in [-0.1, -0.05) is 35.6 Å². The van der Waals surface area contributed by atoms with E-state index in [4.69, 9.17) is 4.98 Å². The molecule has 3 rings (SSSR count). The van der Waals surface area contributed by atoms with Crippen LogP contribution in [-0.2, 0) is 14.6 Å². The molecule has 3 aromatic rings. The van der Waals surface area contributed by atoms with Crippen molar-refractivity contribution in [1.82, 2.24) is 9.88 Å². The molecular formula is C23H29N3O3S2. The van der Waals surface area contributed by atoms with Crippen LogP contribution in [0.3, 0.4) is 0 Å². The van der Waals surface area contributed by atoms with Crippen molar-refractivity contribution in [3.05, 3.63) is 53.6 Å². The van der Waals surface area contributed by atoms with Crippen molar-refractivity contribution in [2.75, 3.05) is 37.8 Å². The van der Waals surface area contributed by atoms with Crippen molar-refractivity contribution >= 4 is 42.4 Å². The Morgan fingerprint density at radius 3 is 2.45 bits per heavy atom. The number of carbonyl (C=O) groups is 1. The molecule has 0 radical (unpaired) electrons. The fourth-order valence-electron chi connectivity index (χ4n) is 3.45. The van der Waals surface area contributed by atoms with Crippen LogP contribution < -0.4 is 4.90 Å². The third-order valence-corrected chi connectivity index (χ3v) is 7.98. The lowest BCUT2D eigenvalue weighted by Crippen LogP contribution is -2.34. The Morgan fingerprint density at radius 2 is 1.77 bits per heavy atom. The molecule has 0 N–H and O–H groups in total. The first-order valence-electron chi connectivity index (χ1n) is 10.3. The molecule has 0 saturated heterocycles. The van der Waals surface area contributed by atoms with Crippen LogP contribution >= 0.6 is 11.3 Å². The van der Waals surface area contributed by atoms with Gasteiger partial charge in [0, 0.05) is 13.0 Å². The van der Waals surface area contributed by atoms with E-state index >= 15 is 0 Å². The minimum atomic E-state index is -3.51. The van der Waals surface area contributed by atoms with Crippen LogP contribution in [0.2, 0.25) is 0 Å². The summed E-state index contributed by atoms with van der Waals surface area (Å²) in [6.45, 7) is 5.40. The van der Waals surface area contributed by atoms with Crippen LogP contribution in [0.1, 0.15) is 24.0 Å². The van der Waals surface area contributed by atoms with Crippen LogP contribution in [0.4, 0.5) is 5.13 Å². The molecule has 8 heteroatoms. The maximum absolute atomic E-state index is 13.1. The molecule has 0 aliphatic carbocycles. The normalized spacial score (nSPS) is 11.9. The number of fused-ring (bicyclic) bond motifs is 1. The molecule has 6 nitrogen and oxygen atoms in total. The second-order valence-electron chi connectivity index (χ2n) is 8.01. The Bertz CT molecular complexity index is 1160. The first kappa shape index (κ1) is 23.4. The minimum absolute atomic E-state index is 0.0763. The topological polar surface area (TPSA) is 70.6 Å². The summed E-state index contributed by atoms with van der Waals surface area (Å²) in [7, 11) is 0.462. The number of anilines is 1. The minimum Gasteiger partial charge on any atom is -0.309 e. The molecule has 31 heavy (non-hydrogen) atoms. The highest BCUT2D eigenvalue weighted by atomic mass is 32.2. The van der Waals surface area contributed by atoms with E-state index in [1.165, 1.54) is 11.3 Å². The third kappa shape index (κ3) is 5.90. The molecule has 0 saturated carbocycles. The Hall–Kier alpha value is -2.29. The molecule has 1 aromatic heterocycles. The summed E-state index contributed by atoms with van der Waals surface area (Å²) in [5.74, 6) is -0.435. The van der Waals surface area contributed by atoms with Crippen LogP contribution in [0, 0.1) is 13.8 Å². The van der Waals surface area contributed by atoms with E-state index < -0.39 is 9.84 Å². The number of sulfone groups is 1. The molecule has 0 unspecified atom stereocenters. The summed E-state index contributed by atoms with van der Waals surface area (Å²) in [5, 5.41) is 0.629. The largest absolute Gasteiger partial charge is 0.309 e. The Kier molecular flexibility index (Phi) is 7.46. The van der Waals surface area contributed by atoms with Gasteiger partial charge in [-0.25, -0.2) is 13.4 Å². The van der Waals surface area contributed by atoms with E-state index in [1.54, 1.807) is 35.2 Å². The first-order valence-corrected chi connectivity index (χ1v) is 12.7. The highest BCUT2D eigenvalue weighted by Crippen LogP contribution is 2.32. The van der Waals surface area contributed by atoms with Crippen LogP contribution in [0.5, 0.6) is 0 Å². The van der Waals surface area contributed by atoms with Crippen molar-refractivity contribution in [3.8, 4) is 0 Å². The summed E-state index contributed by atoms with van der Waals surface area (Å²) < 4.78 is 26.3. The summed E-state index contributed by atoms with van der Waals surface area (Å²) in [4.78, 5) is 21.8. The molecule has 0 aliphatic heterocycles. The maximum atomic E-state index is 13.1. The summed E-state index contributed by atoms with van der Waals surface area (Å²) in [5.41, 5.74) is 3.13.